The molecule has 22 heavy (non-hydrogen) atoms. The van der Waals surface area contributed by atoms with Crippen LogP contribution in [0.3, 0.4) is 0 Å². The average molecular weight is 299 g/mol. The van der Waals surface area contributed by atoms with Gasteiger partial charge in [0.15, 0.2) is 0 Å². The molecular formula is C17H21N3O2. The summed E-state index contributed by atoms with van der Waals surface area (Å²) in [6.07, 6.45) is 3.76. The van der Waals surface area contributed by atoms with Crippen LogP contribution in [-0.2, 0) is 11.3 Å². The van der Waals surface area contributed by atoms with Crippen LogP contribution in [-0.4, -0.2) is 10.5 Å². The van der Waals surface area contributed by atoms with Crippen LogP contribution in [0.15, 0.2) is 47.4 Å². The Kier molecular flexibility index (Phi) is 5.36. The number of unbranched alkanes of at least 4 members (excludes halogenated alkanes) is 1. The number of nitrogens with one attached hydrogen (secondary N) is 1. The molecule has 0 radical (unpaired) electrons. The molecule has 0 spiro atoms. The summed E-state index contributed by atoms with van der Waals surface area (Å²) in [6, 6.07) is 10.6. The van der Waals surface area contributed by atoms with Gasteiger partial charge in [0.2, 0.25) is 5.91 Å². The molecule has 0 unspecified atom stereocenters. The van der Waals surface area contributed by atoms with E-state index in [0.717, 1.165) is 24.1 Å². The number of nitrogen functional groups attached to an aromatic ring is 1. The molecule has 1 aromatic carbocycles. The Bertz CT molecular complexity index is 690. The molecule has 0 fully saturated rings. The number of rotatable bonds is 6. The van der Waals surface area contributed by atoms with Gasteiger partial charge in [0.05, 0.1) is 0 Å². The van der Waals surface area contributed by atoms with E-state index in [-0.39, 0.29) is 11.5 Å². The van der Waals surface area contributed by atoms with Crippen molar-refractivity contribution in [3.8, 4) is 0 Å². The van der Waals surface area contributed by atoms with Gasteiger partial charge in [0, 0.05) is 36.6 Å². The number of amides is 1. The number of aromatic nitrogens is 1. The molecule has 0 aliphatic carbocycles. The molecule has 2 aromatic rings. The van der Waals surface area contributed by atoms with Crippen LogP contribution in [0, 0.1) is 6.92 Å². The zero-order valence-corrected chi connectivity index (χ0v) is 12.7. The highest BCUT2D eigenvalue weighted by atomic mass is 16.1. The third-order valence-corrected chi connectivity index (χ3v) is 3.40. The second-order valence-electron chi connectivity index (χ2n) is 5.36. The standard InChI is InChI=1S/C17H21N3O2/c1-13-9-11-20(17(22)12-13)10-3-2-4-16(21)19-15-7-5-14(18)6-8-15/h5-9,11-12H,2-4,10,18H2,1H3,(H,19,21). The molecule has 1 heterocycles. The Morgan fingerprint density at radius 3 is 2.59 bits per heavy atom. The molecule has 1 amide bonds. The fourth-order valence-electron chi connectivity index (χ4n) is 2.15. The minimum absolute atomic E-state index is 0.00586. The summed E-state index contributed by atoms with van der Waals surface area (Å²) in [5.41, 5.74) is 7.97. The topological polar surface area (TPSA) is 77.1 Å². The van der Waals surface area contributed by atoms with Crippen molar-refractivity contribution in [3.63, 3.8) is 0 Å². The van der Waals surface area contributed by atoms with Gasteiger partial charge in [0.1, 0.15) is 0 Å². The molecule has 5 heteroatoms. The van der Waals surface area contributed by atoms with Crippen molar-refractivity contribution in [3.05, 3.63) is 58.5 Å². The summed E-state index contributed by atoms with van der Waals surface area (Å²) in [7, 11) is 0. The van der Waals surface area contributed by atoms with E-state index < -0.39 is 0 Å². The second-order valence-corrected chi connectivity index (χ2v) is 5.36. The predicted octanol–water partition coefficient (Wildman–Crippen LogP) is 2.55. The van der Waals surface area contributed by atoms with Crippen molar-refractivity contribution < 1.29 is 4.79 Å². The first-order chi connectivity index (χ1) is 10.5. The zero-order valence-electron chi connectivity index (χ0n) is 12.7. The van der Waals surface area contributed by atoms with E-state index in [1.807, 2.05) is 13.0 Å². The molecule has 2 rings (SSSR count). The summed E-state index contributed by atoms with van der Waals surface area (Å²) in [4.78, 5) is 23.5. The summed E-state index contributed by atoms with van der Waals surface area (Å²) < 4.78 is 1.67. The Labute approximate surface area is 129 Å². The van der Waals surface area contributed by atoms with Crippen molar-refractivity contribution in [1.29, 1.82) is 0 Å². The number of aryl methyl sites for hydroxylation is 2. The van der Waals surface area contributed by atoms with Gasteiger partial charge in [-0.3, -0.25) is 9.59 Å². The largest absolute Gasteiger partial charge is 0.399 e. The number of carbonyl (C=O) groups excluding carboxylic acids is 1. The van der Waals surface area contributed by atoms with E-state index in [4.69, 9.17) is 5.73 Å². The molecule has 0 aliphatic heterocycles. The Balaban J connectivity index is 1.73. The first kappa shape index (κ1) is 15.8. The van der Waals surface area contributed by atoms with Crippen LogP contribution >= 0.6 is 0 Å². The van der Waals surface area contributed by atoms with Gasteiger partial charge >= 0.3 is 0 Å². The van der Waals surface area contributed by atoms with Crippen molar-refractivity contribution in [2.75, 3.05) is 11.1 Å². The number of hydrogen-bond donors (Lipinski definition) is 2. The molecule has 0 saturated carbocycles. The van der Waals surface area contributed by atoms with Crippen LogP contribution in [0.1, 0.15) is 24.8 Å². The molecule has 3 N–H and O–H groups in total. The highest BCUT2D eigenvalue weighted by Crippen LogP contribution is 2.11. The van der Waals surface area contributed by atoms with Crippen molar-refractivity contribution in [2.24, 2.45) is 0 Å². The Morgan fingerprint density at radius 1 is 1.18 bits per heavy atom. The van der Waals surface area contributed by atoms with Crippen LogP contribution in [0.2, 0.25) is 0 Å². The van der Waals surface area contributed by atoms with E-state index in [1.54, 1.807) is 41.1 Å². The SMILES string of the molecule is Cc1ccn(CCCCC(=O)Nc2ccc(N)cc2)c(=O)c1. The van der Waals surface area contributed by atoms with Gasteiger partial charge < -0.3 is 15.6 Å². The smallest absolute Gasteiger partial charge is 0.250 e. The number of carbonyl (C=O) groups is 1. The van der Waals surface area contributed by atoms with E-state index in [9.17, 15) is 9.59 Å². The van der Waals surface area contributed by atoms with Crippen molar-refractivity contribution in [1.82, 2.24) is 4.57 Å². The first-order valence-corrected chi connectivity index (χ1v) is 7.37. The van der Waals surface area contributed by atoms with E-state index in [0.29, 0.717) is 18.7 Å². The Hall–Kier alpha value is -2.56. The fourth-order valence-corrected chi connectivity index (χ4v) is 2.15. The Morgan fingerprint density at radius 2 is 1.91 bits per heavy atom. The van der Waals surface area contributed by atoms with Gasteiger partial charge in [-0.1, -0.05) is 0 Å². The maximum atomic E-state index is 11.8. The minimum atomic E-state index is -0.0268. The monoisotopic (exact) mass is 299 g/mol. The lowest BCUT2D eigenvalue weighted by Crippen LogP contribution is -2.19. The van der Waals surface area contributed by atoms with Crippen LogP contribution in [0.25, 0.3) is 0 Å². The maximum absolute atomic E-state index is 11.8. The summed E-state index contributed by atoms with van der Waals surface area (Å²) in [5.74, 6) is -0.0268. The van der Waals surface area contributed by atoms with Gasteiger partial charge in [-0.15, -0.1) is 0 Å². The number of nitrogens with two attached hydrogens (primary N) is 1. The number of anilines is 2. The molecule has 5 nitrogen and oxygen atoms in total. The van der Waals surface area contributed by atoms with E-state index in [2.05, 4.69) is 5.32 Å². The minimum Gasteiger partial charge on any atom is -0.399 e. The van der Waals surface area contributed by atoms with Crippen LogP contribution in [0.5, 0.6) is 0 Å². The van der Waals surface area contributed by atoms with E-state index in [1.165, 1.54) is 0 Å². The van der Waals surface area contributed by atoms with Crippen molar-refractivity contribution in [2.45, 2.75) is 32.7 Å². The highest BCUT2D eigenvalue weighted by molar-refractivity contribution is 5.90. The normalized spacial score (nSPS) is 10.4. The fraction of sp³-hybridized carbons (Fsp3) is 0.294. The molecule has 0 bridgehead atoms. The summed E-state index contributed by atoms with van der Waals surface area (Å²) in [5, 5.41) is 2.82. The highest BCUT2D eigenvalue weighted by Gasteiger charge is 2.03. The predicted molar refractivity (Wildman–Crippen MR) is 88.8 cm³/mol. The van der Waals surface area contributed by atoms with Crippen molar-refractivity contribution >= 4 is 17.3 Å². The number of nitrogens with zero attached hydrogens (tertiary/aromatic N) is 1. The lowest BCUT2D eigenvalue weighted by Gasteiger charge is -2.07. The molecule has 1 aromatic heterocycles. The molecule has 116 valence electrons. The van der Waals surface area contributed by atoms with Gasteiger partial charge in [-0.2, -0.15) is 0 Å². The third kappa shape index (κ3) is 4.77. The lowest BCUT2D eigenvalue weighted by atomic mass is 10.2. The molecule has 0 aliphatic rings. The average Bonchev–Trinajstić information content (AvgIpc) is 2.48. The van der Waals surface area contributed by atoms with E-state index >= 15 is 0 Å². The molecular weight excluding hydrogens is 278 g/mol. The number of benzene rings is 1. The van der Waals surface area contributed by atoms with Gasteiger partial charge in [-0.05, 0) is 55.7 Å². The molecule has 0 atom stereocenters. The summed E-state index contributed by atoms with van der Waals surface area (Å²) >= 11 is 0. The lowest BCUT2D eigenvalue weighted by molar-refractivity contribution is -0.116. The third-order valence-electron chi connectivity index (χ3n) is 3.40. The molecule has 0 saturated heterocycles. The maximum Gasteiger partial charge on any atom is 0.250 e. The second kappa shape index (κ2) is 7.45. The summed E-state index contributed by atoms with van der Waals surface area (Å²) in [6.45, 7) is 2.53. The van der Waals surface area contributed by atoms with Gasteiger partial charge in [-0.25, -0.2) is 0 Å². The van der Waals surface area contributed by atoms with Crippen LogP contribution < -0.4 is 16.6 Å². The van der Waals surface area contributed by atoms with Gasteiger partial charge in [0.25, 0.3) is 5.56 Å². The quantitative estimate of drug-likeness (QED) is 0.635. The first-order valence-electron chi connectivity index (χ1n) is 7.37. The number of hydrogen-bond acceptors (Lipinski definition) is 3. The van der Waals surface area contributed by atoms with Crippen LogP contribution in [0.4, 0.5) is 11.4 Å². The zero-order chi connectivity index (χ0) is 15.9. The number of pyridine rings is 1.